The van der Waals surface area contributed by atoms with Crippen LogP contribution in [0, 0.1) is 5.92 Å². The van der Waals surface area contributed by atoms with Gasteiger partial charge in [-0.15, -0.1) is 0 Å². The number of hydrogen-bond acceptors (Lipinski definition) is 3. The van der Waals surface area contributed by atoms with Crippen LogP contribution in [0.4, 0.5) is 18.9 Å². The van der Waals surface area contributed by atoms with Crippen LogP contribution in [0.25, 0.3) is 0 Å². The van der Waals surface area contributed by atoms with Gasteiger partial charge >= 0.3 is 6.18 Å². The van der Waals surface area contributed by atoms with Gasteiger partial charge in [0.05, 0.1) is 22.8 Å². The topological polar surface area (TPSA) is 63.2 Å². The second-order valence-electron chi connectivity index (χ2n) is 5.54. The third kappa shape index (κ3) is 5.10. The van der Waals surface area contributed by atoms with Crippen molar-refractivity contribution in [1.29, 1.82) is 0 Å². The highest BCUT2D eigenvalue weighted by atomic mass is 35.5. The fourth-order valence-electron chi connectivity index (χ4n) is 2.51. The molecular weight excluding hydrogens is 355 g/mol. The molecule has 128 valence electrons. The molecule has 4 nitrogen and oxygen atoms in total. The van der Waals surface area contributed by atoms with E-state index in [1.54, 1.807) is 0 Å². The number of sulfone groups is 1. The summed E-state index contributed by atoms with van der Waals surface area (Å²) in [5, 5.41) is 2.14. The number of benzene rings is 1. The second-order valence-corrected chi connectivity index (χ2v) is 8.21. The smallest absolute Gasteiger partial charge is 0.326 e. The Morgan fingerprint density at radius 1 is 1.35 bits per heavy atom. The maximum absolute atomic E-state index is 12.9. The summed E-state index contributed by atoms with van der Waals surface area (Å²) in [6, 6.07) is 3.11. The van der Waals surface area contributed by atoms with Gasteiger partial charge in [0.2, 0.25) is 5.91 Å². The number of alkyl halides is 3. The number of hydrogen-bond donors (Lipinski definition) is 1. The Morgan fingerprint density at radius 3 is 2.61 bits per heavy atom. The van der Waals surface area contributed by atoms with E-state index in [4.69, 9.17) is 11.6 Å². The molecule has 1 N–H and O–H groups in total. The van der Waals surface area contributed by atoms with E-state index >= 15 is 0 Å². The zero-order valence-electron chi connectivity index (χ0n) is 12.0. The van der Waals surface area contributed by atoms with Crippen molar-refractivity contribution in [3.05, 3.63) is 28.8 Å². The van der Waals surface area contributed by atoms with Crippen LogP contribution in [0.5, 0.6) is 0 Å². The minimum atomic E-state index is -4.63. The quantitative estimate of drug-likeness (QED) is 0.883. The molecular formula is C14H15ClF3NO3S. The van der Waals surface area contributed by atoms with Crippen molar-refractivity contribution in [2.45, 2.75) is 25.4 Å². The second kappa shape index (κ2) is 6.68. The van der Waals surface area contributed by atoms with Crippen LogP contribution < -0.4 is 5.32 Å². The molecule has 0 aromatic heterocycles. The summed E-state index contributed by atoms with van der Waals surface area (Å²) in [7, 11) is -3.03. The lowest BCUT2D eigenvalue weighted by molar-refractivity contribution is -0.137. The molecule has 1 aromatic carbocycles. The molecule has 0 aliphatic carbocycles. The summed E-state index contributed by atoms with van der Waals surface area (Å²) < 4.78 is 61.4. The first-order valence-corrected chi connectivity index (χ1v) is 9.14. The highest BCUT2D eigenvalue weighted by molar-refractivity contribution is 7.91. The third-order valence-corrected chi connectivity index (χ3v) is 5.74. The normalized spacial score (nSPS) is 20.4. The van der Waals surface area contributed by atoms with Crippen LogP contribution >= 0.6 is 11.6 Å². The Hall–Kier alpha value is -1.28. The Balaban J connectivity index is 1.98. The number of nitrogens with one attached hydrogen (secondary N) is 1. The Kier molecular flexibility index (Phi) is 5.25. The largest absolute Gasteiger partial charge is 0.418 e. The lowest BCUT2D eigenvalue weighted by Crippen LogP contribution is -2.17. The maximum atomic E-state index is 12.9. The van der Waals surface area contributed by atoms with E-state index in [1.165, 1.54) is 6.07 Å². The highest BCUT2D eigenvalue weighted by Crippen LogP contribution is 2.36. The van der Waals surface area contributed by atoms with Crippen LogP contribution in [0.2, 0.25) is 5.02 Å². The molecule has 0 bridgehead atoms. The predicted molar refractivity (Wildman–Crippen MR) is 81.1 cm³/mol. The van der Waals surface area contributed by atoms with Gasteiger partial charge in [0.1, 0.15) is 0 Å². The van der Waals surface area contributed by atoms with Crippen molar-refractivity contribution in [2.24, 2.45) is 5.92 Å². The average Bonchev–Trinajstić information content (AvgIpc) is 2.77. The molecule has 1 atom stereocenters. The van der Waals surface area contributed by atoms with Crippen molar-refractivity contribution < 1.29 is 26.4 Å². The molecule has 1 aromatic rings. The Morgan fingerprint density at radius 2 is 2.04 bits per heavy atom. The van der Waals surface area contributed by atoms with E-state index < -0.39 is 27.5 Å². The highest BCUT2D eigenvalue weighted by Gasteiger charge is 2.34. The summed E-state index contributed by atoms with van der Waals surface area (Å²) in [5.41, 5.74) is -1.37. The number of carbonyl (C=O) groups excluding carboxylic acids is 1. The molecule has 23 heavy (non-hydrogen) atoms. The summed E-state index contributed by atoms with van der Waals surface area (Å²) >= 11 is 5.56. The van der Waals surface area contributed by atoms with Crippen LogP contribution in [-0.2, 0) is 20.8 Å². The molecule has 9 heteroatoms. The monoisotopic (exact) mass is 369 g/mol. The standard InChI is InChI=1S/C14H15ClF3NO3S/c15-10-2-3-12(11(7-10)14(16,17)18)19-13(20)4-1-9-5-6-23(21,22)8-9/h2-3,7,9H,1,4-6,8H2,(H,19,20). The number of anilines is 1. The molecule has 1 saturated heterocycles. The summed E-state index contributed by atoms with van der Waals surface area (Å²) in [6.45, 7) is 0. The average molecular weight is 370 g/mol. The van der Waals surface area contributed by atoms with E-state index in [1.807, 2.05) is 0 Å². The lowest BCUT2D eigenvalue weighted by Gasteiger charge is -2.14. The van der Waals surface area contributed by atoms with Gasteiger partial charge in [-0.25, -0.2) is 8.42 Å². The van der Waals surface area contributed by atoms with E-state index in [0.717, 1.165) is 12.1 Å². The van der Waals surface area contributed by atoms with E-state index in [2.05, 4.69) is 5.32 Å². The third-order valence-electron chi connectivity index (χ3n) is 3.67. The van der Waals surface area contributed by atoms with E-state index in [9.17, 15) is 26.4 Å². The van der Waals surface area contributed by atoms with Crippen LogP contribution in [-0.4, -0.2) is 25.8 Å². The SMILES string of the molecule is O=C(CCC1CCS(=O)(=O)C1)Nc1ccc(Cl)cc1C(F)(F)F. The Bertz CT molecular complexity index is 704. The van der Waals surface area contributed by atoms with Gasteiger partial charge in [0, 0.05) is 11.4 Å². The van der Waals surface area contributed by atoms with Gasteiger partial charge in [-0.2, -0.15) is 13.2 Å². The molecule has 0 saturated carbocycles. The maximum Gasteiger partial charge on any atom is 0.418 e. The van der Waals surface area contributed by atoms with Gasteiger partial charge in [-0.05, 0) is 37.0 Å². The molecule has 0 radical (unpaired) electrons. The van der Waals surface area contributed by atoms with Gasteiger partial charge in [-0.1, -0.05) is 11.6 Å². The van der Waals surface area contributed by atoms with Gasteiger partial charge in [-0.3, -0.25) is 4.79 Å². The molecule has 1 heterocycles. The predicted octanol–water partition coefficient (Wildman–Crippen LogP) is 3.51. The number of amides is 1. The minimum absolute atomic E-state index is 0.0277. The zero-order chi connectivity index (χ0) is 17.3. The molecule has 1 fully saturated rings. The van der Waals surface area contributed by atoms with Crippen LogP contribution in [0.1, 0.15) is 24.8 Å². The van der Waals surface area contributed by atoms with Crippen LogP contribution in [0.15, 0.2) is 18.2 Å². The van der Waals surface area contributed by atoms with Crippen LogP contribution in [0.3, 0.4) is 0 Å². The first-order valence-electron chi connectivity index (χ1n) is 6.94. The molecule has 1 aliphatic heterocycles. The molecule has 2 rings (SSSR count). The molecule has 1 amide bonds. The van der Waals surface area contributed by atoms with E-state index in [0.29, 0.717) is 12.8 Å². The fourth-order valence-corrected chi connectivity index (χ4v) is 4.59. The fraction of sp³-hybridized carbons (Fsp3) is 0.500. The molecule has 1 unspecified atom stereocenters. The van der Waals surface area contributed by atoms with Crippen molar-refractivity contribution in [2.75, 3.05) is 16.8 Å². The lowest BCUT2D eigenvalue weighted by atomic mass is 10.0. The summed E-state index contributed by atoms with van der Waals surface area (Å²) in [6.07, 6.45) is -3.84. The molecule has 1 aliphatic rings. The molecule has 0 spiro atoms. The van der Waals surface area contributed by atoms with Crippen molar-refractivity contribution in [1.82, 2.24) is 0 Å². The number of rotatable bonds is 4. The van der Waals surface area contributed by atoms with Crippen molar-refractivity contribution >= 4 is 33.0 Å². The van der Waals surface area contributed by atoms with Gasteiger partial charge in [0.15, 0.2) is 9.84 Å². The van der Waals surface area contributed by atoms with Crippen molar-refractivity contribution in [3.8, 4) is 0 Å². The van der Waals surface area contributed by atoms with Gasteiger partial charge in [0.25, 0.3) is 0 Å². The first-order chi connectivity index (χ1) is 10.6. The minimum Gasteiger partial charge on any atom is -0.326 e. The van der Waals surface area contributed by atoms with E-state index in [-0.39, 0.29) is 34.6 Å². The Labute approximate surface area is 136 Å². The van der Waals surface area contributed by atoms with Gasteiger partial charge < -0.3 is 5.32 Å². The van der Waals surface area contributed by atoms with Crippen molar-refractivity contribution in [3.63, 3.8) is 0 Å². The first kappa shape index (κ1) is 18.1. The number of carbonyl (C=O) groups is 1. The summed E-state index contributed by atoms with van der Waals surface area (Å²) in [5.74, 6) is -0.552. The number of halogens is 4. The zero-order valence-corrected chi connectivity index (χ0v) is 13.6. The summed E-state index contributed by atoms with van der Waals surface area (Å²) in [4.78, 5) is 11.8.